The molecule has 1 atom stereocenters. The summed E-state index contributed by atoms with van der Waals surface area (Å²) in [5.41, 5.74) is 5.53. The average molecular weight is 258 g/mol. The van der Waals surface area contributed by atoms with Gasteiger partial charge in [0.25, 0.3) is 0 Å². The average Bonchev–Trinajstić information content (AvgIpc) is 2.34. The van der Waals surface area contributed by atoms with Gasteiger partial charge in [0.15, 0.2) is 0 Å². The van der Waals surface area contributed by atoms with E-state index >= 15 is 0 Å². The van der Waals surface area contributed by atoms with E-state index in [1.54, 1.807) is 11.8 Å². The smallest absolute Gasteiger partial charge is 0.220 e. The van der Waals surface area contributed by atoms with Crippen LogP contribution in [0, 0.1) is 5.92 Å². The molecule has 17 heavy (non-hydrogen) atoms. The van der Waals surface area contributed by atoms with Crippen molar-refractivity contribution in [3.05, 3.63) is 12.7 Å². The normalized spacial score (nSPS) is 12.1. The zero-order valence-corrected chi connectivity index (χ0v) is 11.7. The molecule has 0 rings (SSSR count). The Labute approximate surface area is 110 Å². The summed E-state index contributed by atoms with van der Waals surface area (Å²) in [7, 11) is 0. The van der Waals surface area contributed by atoms with Crippen molar-refractivity contribution < 1.29 is 4.79 Å². The zero-order valence-electron chi connectivity index (χ0n) is 10.9. The van der Waals surface area contributed by atoms with E-state index in [0.29, 0.717) is 12.3 Å². The Hall–Kier alpha value is -0.480. The second-order valence-corrected chi connectivity index (χ2v) is 5.25. The van der Waals surface area contributed by atoms with Crippen LogP contribution in [0.15, 0.2) is 12.7 Å². The molecule has 3 N–H and O–H groups in total. The minimum absolute atomic E-state index is 0.166. The molecule has 0 spiro atoms. The lowest BCUT2D eigenvalue weighted by Gasteiger charge is -2.13. The van der Waals surface area contributed by atoms with E-state index in [4.69, 9.17) is 5.73 Å². The predicted octanol–water partition coefficient (Wildman–Crippen LogP) is 2.18. The predicted molar refractivity (Wildman–Crippen MR) is 77.2 cm³/mol. The molecule has 100 valence electrons. The monoisotopic (exact) mass is 258 g/mol. The third-order valence-electron chi connectivity index (χ3n) is 2.74. The third-order valence-corrected chi connectivity index (χ3v) is 3.70. The highest BCUT2D eigenvalue weighted by Crippen LogP contribution is 2.14. The number of thioether (sulfide) groups is 1. The number of nitrogens with one attached hydrogen (secondary N) is 1. The summed E-state index contributed by atoms with van der Waals surface area (Å²) >= 11 is 1.78. The summed E-state index contributed by atoms with van der Waals surface area (Å²) in [6.07, 6.45) is 5.60. The van der Waals surface area contributed by atoms with Crippen molar-refractivity contribution >= 4 is 17.7 Å². The highest BCUT2D eigenvalue weighted by molar-refractivity contribution is 7.99. The van der Waals surface area contributed by atoms with Crippen LogP contribution in [0.4, 0.5) is 0 Å². The summed E-state index contributed by atoms with van der Waals surface area (Å²) in [6.45, 7) is 7.28. The fourth-order valence-electron chi connectivity index (χ4n) is 1.64. The zero-order chi connectivity index (χ0) is 12.9. The minimum Gasteiger partial charge on any atom is -0.355 e. The van der Waals surface area contributed by atoms with Crippen LogP contribution >= 0.6 is 11.8 Å². The maximum Gasteiger partial charge on any atom is 0.220 e. The van der Waals surface area contributed by atoms with E-state index in [2.05, 4.69) is 18.8 Å². The molecule has 1 amide bonds. The number of carbonyl (C=O) groups excluding carboxylic acids is 1. The molecule has 0 aromatic rings. The summed E-state index contributed by atoms with van der Waals surface area (Å²) in [5, 5.41) is 2.94. The molecule has 4 heteroatoms. The van der Waals surface area contributed by atoms with Gasteiger partial charge in [-0.25, -0.2) is 0 Å². The van der Waals surface area contributed by atoms with E-state index < -0.39 is 0 Å². The Balaban J connectivity index is 3.47. The molecule has 0 saturated carbocycles. The Bertz CT molecular complexity index is 210. The number of hydrogen-bond acceptors (Lipinski definition) is 3. The topological polar surface area (TPSA) is 55.1 Å². The number of nitrogens with two attached hydrogens (primary N) is 1. The van der Waals surface area contributed by atoms with Gasteiger partial charge in [0.1, 0.15) is 0 Å². The first-order chi connectivity index (χ1) is 8.24. The molecule has 0 bridgehead atoms. The maximum absolute atomic E-state index is 11.5. The van der Waals surface area contributed by atoms with Gasteiger partial charge >= 0.3 is 0 Å². The van der Waals surface area contributed by atoms with Crippen molar-refractivity contribution in [1.29, 1.82) is 0 Å². The highest BCUT2D eigenvalue weighted by atomic mass is 32.2. The lowest BCUT2D eigenvalue weighted by molar-refractivity contribution is -0.121. The van der Waals surface area contributed by atoms with Crippen molar-refractivity contribution in [3.63, 3.8) is 0 Å². The summed E-state index contributed by atoms with van der Waals surface area (Å²) in [4.78, 5) is 11.5. The van der Waals surface area contributed by atoms with Crippen LogP contribution in [0.25, 0.3) is 0 Å². The van der Waals surface area contributed by atoms with Crippen LogP contribution in [0.1, 0.15) is 32.6 Å². The van der Waals surface area contributed by atoms with E-state index in [1.807, 2.05) is 6.08 Å². The fourth-order valence-corrected chi connectivity index (χ4v) is 2.22. The Morgan fingerprint density at radius 2 is 2.29 bits per heavy atom. The van der Waals surface area contributed by atoms with Crippen LogP contribution in [0.3, 0.4) is 0 Å². The van der Waals surface area contributed by atoms with Crippen molar-refractivity contribution in [2.75, 3.05) is 24.6 Å². The fraction of sp³-hybridized carbons (Fsp3) is 0.769. The summed E-state index contributed by atoms with van der Waals surface area (Å²) < 4.78 is 0. The van der Waals surface area contributed by atoms with Crippen molar-refractivity contribution in [3.8, 4) is 0 Å². The molecule has 0 aromatic carbocycles. The van der Waals surface area contributed by atoms with Crippen molar-refractivity contribution in [2.45, 2.75) is 32.6 Å². The first-order valence-electron chi connectivity index (χ1n) is 6.40. The standard InChI is InChI=1S/C13H26N2OS/c1-3-10-17-11-9-15-13(16)6-5-12(4-2)7-8-14/h3,12H,1,4-11,14H2,2H3,(H,15,16). The lowest BCUT2D eigenvalue weighted by Crippen LogP contribution is -2.26. The number of hydrogen-bond donors (Lipinski definition) is 2. The molecule has 0 aliphatic heterocycles. The van der Waals surface area contributed by atoms with Crippen LogP contribution in [-0.4, -0.2) is 30.5 Å². The van der Waals surface area contributed by atoms with Crippen LogP contribution in [0.5, 0.6) is 0 Å². The quantitative estimate of drug-likeness (QED) is 0.441. The van der Waals surface area contributed by atoms with E-state index in [9.17, 15) is 4.79 Å². The molecule has 0 heterocycles. The maximum atomic E-state index is 11.5. The van der Waals surface area contributed by atoms with Gasteiger partial charge in [0, 0.05) is 24.5 Å². The minimum atomic E-state index is 0.166. The van der Waals surface area contributed by atoms with Crippen LogP contribution < -0.4 is 11.1 Å². The molecular formula is C13H26N2OS. The molecule has 0 aliphatic rings. The van der Waals surface area contributed by atoms with Gasteiger partial charge in [-0.1, -0.05) is 19.4 Å². The van der Waals surface area contributed by atoms with Gasteiger partial charge in [-0.05, 0) is 25.3 Å². The molecule has 0 radical (unpaired) electrons. The van der Waals surface area contributed by atoms with Gasteiger partial charge < -0.3 is 11.1 Å². The largest absolute Gasteiger partial charge is 0.355 e. The molecule has 0 aliphatic carbocycles. The van der Waals surface area contributed by atoms with Crippen molar-refractivity contribution in [1.82, 2.24) is 5.32 Å². The first-order valence-corrected chi connectivity index (χ1v) is 7.55. The second kappa shape index (κ2) is 12.0. The lowest BCUT2D eigenvalue weighted by atomic mass is 9.96. The Kier molecular flexibility index (Phi) is 11.7. The molecule has 3 nitrogen and oxygen atoms in total. The molecule has 0 fully saturated rings. The third kappa shape index (κ3) is 10.4. The Morgan fingerprint density at radius 1 is 1.53 bits per heavy atom. The van der Waals surface area contributed by atoms with Crippen LogP contribution in [-0.2, 0) is 4.79 Å². The molecule has 1 unspecified atom stereocenters. The molecular weight excluding hydrogens is 232 g/mol. The summed E-state index contributed by atoms with van der Waals surface area (Å²) in [6, 6.07) is 0. The van der Waals surface area contributed by atoms with Gasteiger partial charge in [0.2, 0.25) is 5.91 Å². The number of carbonyl (C=O) groups is 1. The van der Waals surface area contributed by atoms with Gasteiger partial charge in [0.05, 0.1) is 0 Å². The number of rotatable bonds is 11. The van der Waals surface area contributed by atoms with Gasteiger partial charge in [-0.2, -0.15) is 11.8 Å². The molecule has 0 aromatic heterocycles. The Morgan fingerprint density at radius 3 is 2.88 bits per heavy atom. The van der Waals surface area contributed by atoms with E-state index in [1.165, 1.54) is 0 Å². The number of amides is 1. The van der Waals surface area contributed by atoms with Gasteiger partial charge in [-0.15, -0.1) is 6.58 Å². The van der Waals surface area contributed by atoms with Crippen LogP contribution in [0.2, 0.25) is 0 Å². The van der Waals surface area contributed by atoms with Gasteiger partial charge in [-0.3, -0.25) is 4.79 Å². The second-order valence-electron chi connectivity index (χ2n) is 4.10. The summed E-state index contributed by atoms with van der Waals surface area (Å²) in [5.74, 6) is 2.67. The molecule has 0 saturated heterocycles. The SMILES string of the molecule is C=CCSCCNC(=O)CCC(CC)CCN. The van der Waals surface area contributed by atoms with Crippen molar-refractivity contribution in [2.24, 2.45) is 11.7 Å². The highest BCUT2D eigenvalue weighted by Gasteiger charge is 2.08. The first kappa shape index (κ1) is 16.5. The van der Waals surface area contributed by atoms with E-state index in [-0.39, 0.29) is 5.91 Å². The van der Waals surface area contributed by atoms with E-state index in [0.717, 1.165) is 43.9 Å².